The van der Waals surface area contributed by atoms with Crippen LogP contribution in [0.4, 0.5) is 0 Å². The van der Waals surface area contributed by atoms with E-state index in [0.717, 1.165) is 27.1 Å². The lowest BCUT2D eigenvalue weighted by Crippen LogP contribution is -2.35. The van der Waals surface area contributed by atoms with Crippen molar-refractivity contribution in [2.24, 2.45) is 0 Å². The molecular formula is C19H14O2. The molecule has 0 saturated heterocycles. The second-order valence-corrected chi connectivity index (χ2v) is 5.36. The predicted octanol–water partition coefficient (Wildman–Crippen LogP) is 1.34. The molecule has 4 rings (SSSR count). The summed E-state index contributed by atoms with van der Waals surface area (Å²) in [7, 11) is 0. The van der Waals surface area contributed by atoms with Gasteiger partial charge in [-0.25, -0.2) is 0 Å². The summed E-state index contributed by atoms with van der Waals surface area (Å²) in [4.78, 5) is 0. The molecule has 2 aliphatic carbocycles. The Labute approximate surface area is 122 Å². The Balaban J connectivity index is 2.09. The van der Waals surface area contributed by atoms with E-state index in [1.807, 2.05) is 60.7 Å². The van der Waals surface area contributed by atoms with Crippen molar-refractivity contribution in [2.75, 3.05) is 0 Å². The minimum atomic E-state index is -1.92. The largest absolute Gasteiger partial charge is 0.359 e. The molecular weight excluding hydrogens is 260 g/mol. The molecule has 0 unspecified atom stereocenters. The van der Waals surface area contributed by atoms with Gasteiger partial charge in [0.05, 0.1) is 0 Å². The van der Waals surface area contributed by atoms with E-state index in [4.69, 9.17) is 0 Å². The highest BCUT2D eigenvalue weighted by molar-refractivity contribution is 6.01. The smallest absolute Gasteiger partial charge is 0.211 e. The van der Waals surface area contributed by atoms with Gasteiger partial charge < -0.3 is 10.2 Å². The highest BCUT2D eigenvalue weighted by Crippen LogP contribution is 2.37. The molecule has 0 heterocycles. The fourth-order valence-electron chi connectivity index (χ4n) is 3.07. The molecule has 2 aromatic carbocycles. The van der Waals surface area contributed by atoms with Crippen LogP contribution in [0, 0.1) is 0 Å². The van der Waals surface area contributed by atoms with Gasteiger partial charge in [-0.3, -0.25) is 0 Å². The predicted molar refractivity (Wildman–Crippen MR) is 83.2 cm³/mol. The van der Waals surface area contributed by atoms with Crippen molar-refractivity contribution in [3.05, 3.63) is 88.3 Å². The Morgan fingerprint density at radius 2 is 1.48 bits per heavy atom. The van der Waals surface area contributed by atoms with E-state index in [1.165, 1.54) is 6.08 Å². The number of fused-ring (bicyclic) bond motifs is 2. The van der Waals surface area contributed by atoms with Crippen LogP contribution < -0.4 is 10.4 Å². The van der Waals surface area contributed by atoms with Crippen molar-refractivity contribution in [1.82, 2.24) is 0 Å². The zero-order valence-electron chi connectivity index (χ0n) is 11.3. The molecule has 2 aliphatic rings. The van der Waals surface area contributed by atoms with Crippen molar-refractivity contribution in [3.8, 4) is 0 Å². The first-order chi connectivity index (χ1) is 10.2. The Morgan fingerprint density at radius 1 is 0.762 bits per heavy atom. The van der Waals surface area contributed by atoms with E-state index in [1.54, 1.807) is 6.08 Å². The topological polar surface area (TPSA) is 40.5 Å². The molecule has 0 bridgehead atoms. The van der Waals surface area contributed by atoms with Crippen LogP contribution >= 0.6 is 0 Å². The summed E-state index contributed by atoms with van der Waals surface area (Å²) in [6, 6.07) is 17.8. The van der Waals surface area contributed by atoms with Crippen LogP contribution in [0.5, 0.6) is 0 Å². The first kappa shape index (κ1) is 12.3. The number of benzene rings is 2. The molecule has 0 aromatic heterocycles. The molecule has 0 aliphatic heterocycles. The molecule has 102 valence electrons. The van der Waals surface area contributed by atoms with Crippen molar-refractivity contribution < 1.29 is 10.2 Å². The maximum Gasteiger partial charge on any atom is 0.211 e. The second-order valence-electron chi connectivity index (χ2n) is 5.36. The minimum Gasteiger partial charge on any atom is -0.359 e. The molecule has 2 N–H and O–H groups in total. The highest BCUT2D eigenvalue weighted by atomic mass is 16.5. The Hall–Kier alpha value is -2.42. The summed E-state index contributed by atoms with van der Waals surface area (Å²) in [5, 5.41) is 22.6. The molecule has 0 spiro atoms. The molecule has 0 amide bonds. The number of hydrogen-bond donors (Lipinski definition) is 2. The van der Waals surface area contributed by atoms with Crippen LogP contribution in [0.3, 0.4) is 0 Å². The van der Waals surface area contributed by atoms with Crippen LogP contribution in [-0.4, -0.2) is 16.0 Å². The van der Waals surface area contributed by atoms with Gasteiger partial charge in [-0.1, -0.05) is 60.7 Å². The molecule has 21 heavy (non-hydrogen) atoms. The van der Waals surface area contributed by atoms with Gasteiger partial charge in [0.25, 0.3) is 0 Å². The van der Waals surface area contributed by atoms with Gasteiger partial charge in [0.2, 0.25) is 5.79 Å². The van der Waals surface area contributed by atoms with E-state index in [9.17, 15) is 10.2 Å². The normalized spacial score (nSPS) is 18.3. The highest BCUT2D eigenvalue weighted by Gasteiger charge is 2.34. The van der Waals surface area contributed by atoms with Gasteiger partial charge in [-0.2, -0.15) is 0 Å². The summed E-state index contributed by atoms with van der Waals surface area (Å²) in [5.74, 6) is -1.92. The van der Waals surface area contributed by atoms with Gasteiger partial charge in [-0.05, 0) is 39.3 Å². The fraction of sp³-hybridized carbons (Fsp3) is 0.0526. The summed E-state index contributed by atoms with van der Waals surface area (Å²) >= 11 is 0. The zero-order valence-corrected chi connectivity index (χ0v) is 11.3. The lowest BCUT2D eigenvalue weighted by Gasteiger charge is -2.26. The number of hydrogen-bond acceptors (Lipinski definition) is 2. The lowest BCUT2D eigenvalue weighted by atomic mass is 9.86. The molecule has 0 fully saturated rings. The van der Waals surface area contributed by atoms with Crippen LogP contribution in [0.25, 0.3) is 17.2 Å². The first-order valence-electron chi connectivity index (χ1n) is 6.92. The van der Waals surface area contributed by atoms with Crippen molar-refractivity contribution in [1.29, 1.82) is 0 Å². The standard InChI is InChI=1S/C19H14O2/c20-19(21)11-10-15(13-6-2-1-3-7-13)17-12-14-8-4-5-9-16(14)18(17)19/h1-12,20-21H. The van der Waals surface area contributed by atoms with E-state index in [2.05, 4.69) is 0 Å². The third kappa shape index (κ3) is 1.81. The number of rotatable bonds is 1. The maximum absolute atomic E-state index is 10.3. The van der Waals surface area contributed by atoms with Crippen LogP contribution in [0.1, 0.15) is 5.56 Å². The van der Waals surface area contributed by atoms with E-state index >= 15 is 0 Å². The van der Waals surface area contributed by atoms with E-state index in [-0.39, 0.29) is 0 Å². The maximum atomic E-state index is 10.3. The molecule has 0 radical (unpaired) electrons. The van der Waals surface area contributed by atoms with Gasteiger partial charge in [0, 0.05) is 5.57 Å². The third-order valence-corrected chi connectivity index (χ3v) is 4.02. The second kappa shape index (κ2) is 4.29. The van der Waals surface area contributed by atoms with Crippen LogP contribution in [0.15, 0.2) is 72.3 Å². The number of aliphatic hydroxyl groups is 2. The average molecular weight is 274 g/mol. The summed E-state index contributed by atoms with van der Waals surface area (Å²) in [5.41, 5.74) is 3.54. The first-order valence-corrected chi connectivity index (χ1v) is 6.92. The summed E-state index contributed by atoms with van der Waals surface area (Å²) < 4.78 is 0. The van der Waals surface area contributed by atoms with E-state index in [0.29, 0.717) is 5.57 Å². The summed E-state index contributed by atoms with van der Waals surface area (Å²) in [6.45, 7) is 0. The number of allylic oxidation sites excluding steroid dienone is 2. The molecule has 2 nitrogen and oxygen atoms in total. The molecule has 2 aromatic rings. The van der Waals surface area contributed by atoms with Crippen molar-refractivity contribution in [2.45, 2.75) is 5.79 Å². The molecule has 0 saturated carbocycles. The Morgan fingerprint density at radius 3 is 2.29 bits per heavy atom. The molecule has 0 atom stereocenters. The minimum absolute atomic E-state index is 0.569. The average Bonchev–Trinajstić information content (AvgIpc) is 2.88. The molecule has 2 heteroatoms. The van der Waals surface area contributed by atoms with Crippen molar-refractivity contribution >= 4 is 17.2 Å². The van der Waals surface area contributed by atoms with Gasteiger partial charge in [-0.15, -0.1) is 0 Å². The van der Waals surface area contributed by atoms with E-state index < -0.39 is 5.79 Å². The van der Waals surface area contributed by atoms with Gasteiger partial charge in [0.1, 0.15) is 0 Å². The van der Waals surface area contributed by atoms with Crippen molar-refractivity contribution in [3.63, 3.8) is 0 Å². The van der Waals surface area contributed by atoms with Crippen LogP contribution in [0.2, 0.25) is 0 Å². The summed E-state index contributed by atoms with van der Waals surface area (Å²) in [6.07, 6.45) is 5.26. The zero-order chi connectivity index (χ0) is 14.4. The fourth-order valence-corrected chi connectivity index (χ4v) is 3.07. The third-order valence-electron chi connectivity index (χ3n) is 4.02. The Bertz CT molecular complexity index is 900. The monoisotopic (exact) mass is 274 g/mol. The quantitative estimate of drug-likeness (QED) is 0.770. The lowest BCUT2D eigenvalue weighted by molar-refractivity contribution is -0.0651. The Kier molecular flexibility index (Phi) is 2.52. The van der Waals surface area contributed by atoms with Crippen LogP contribution in [-0.2, 0) is 0 Å². The van der Waals surface area contributed by atoms with Gasteiger partial charge in [0.15, 0.2) is 0 Å². The van der Waals surface area contributed by atoms with Gasteiger partial charge >= 0.3 is 0 Å². The SMILES string of the molecule is OC1(O)C=CC(c2ccccc2)=C2C=c3ccccc3=C21.